The van der Waals surface area contributed by atoms with Crippen LogP contribution in [0, 0.1) is 5.41 Å². The molecular formula is C35H56O7Si. The van der Waals surface area contributed by atoms with Crippen molar-refractivity contribution >= 4 is 8.80 Å². The van der Waals surface area contributed by atoms with E-state index in [2.05, 4.69) is 62.4 Å². The van der Waals surface area contributed by atoms with Crippen LogP contribution < -0.4 is 9.47 Å². The normalized spacial score (nSPS) is 15.2. The molecule has 1 atom stereocenters. The quantitative estimate of drug-likeness (QED) is 0.0869. The lowest BCUT2D eigenvalue weighted by atomic mass is 9.84. The van der Waals surface area contributed by atoms with Crippen molar-refractivity contribution in [3.63, 3.8) is 0 Å². The van der Waals surface area contributed by atoms with E-state index in [4.69, 9.17) is 32.2 Å². The van der Waals surface area contributed by atoms with Gasteiger partial charge in [-0.15, -0.1) is 0 Å². The molecule has 1 heterocycles. The second-order valence-corrected chi connectivity index (χ2v) is 14.0. The van der Waals surface area contributed by atoms with Crippen LogP contribution >= 0.6 is 0 Å². The van der Waals surface area contributed by atoms with E-state index in [0.29, 0.717) is 33.0 Å². The molecule has 0 amide bonds. The molecule has 242 valence electrons. The Labute approximate surface area is 261 Å². The fraction of sp³-hybridized carbons (Fsp3) is 0.657. The van der Waals surface area contributed by atoms with Gasteiger partial charge < -0.3 is 32.2 Å². The molecule has 1 aliphatic rings. The summed E-state index contributed by atoms with van der Waals surface area (Å²) in [5, 5.41) is 0. The van der Waals surface area contributed by atoms with Gasteiger partial charge in [0.15, 0.2) is 0 Å². The van der Waals surface area contributed by atoms with Crippen molar-refractivity contribution in [3.05, 3.63) is 48.5 Å². The molecule has 1 aliphatic heterocycles. The van der Waals surface area contributed by atoms with Gasteiger partial charge in [0.05, 0.1) is 31.8 Å². The Balaban J connectivity index is 1.26. The third-order valence-electron chi connectivity index (χ3n) is 8.08. The van der Waals surface area contributed by atoms with Crippen molar-refractivity contribution in [2.24, 2.45) is 5.41 Å². The first-order valence-electron chi connectivity index (χ1n) is 16.6. The topological polar surface area (TPSA) is 64.6 Å². The predicted molar refractivity (Wildman–Crippen MR) is 175 cm³/mol. The third kappa shape index (κ3) is 11.2. The zero-order valence-corrected chi connectivity index (χ0v) is 28.4. The van der Waals surface area contributed by atoms with Crippen LogP contribution in [-0.4, -0.2) is 67.4 Å². The summed E-state index contributed by atoms with van der Waals surface area (Å²) in [5.74, 6) is 1.83. The van der Waals surface area contributed by atoms with Crippen LogP contribution in [0.15, 0.2) is 48.5 Å². The van der Waals surface area contributed by atoms with E-state index in [1.807, 2.05) is 20.8 Å². The molecule has 2 aromatic carbocycles. The van der Waals surface area contributed by atoms with E-state index >= 15 is 0 Å². The molecule has 2 aromatic rings. The zero-order chi connectivity index (χ0) is 30.8. The Morgan fingerprint density at radius 3 is 1.58 bits per heavy atom. The van der Waals surface area contributed by atoms with Crippen molar-refractivity contribution in [1.82, 2.24) is 0 Å². The van der Waals surface area contributed by atoms with Gasteiger partial charge in [0.2, 0.25) is 0 Å². The lowest BCUT2D eigenvalue weighted by molar-refractivity contribution is -0.133. The highest BCUT2D eigenvalue weighted by Gasteiger charge is 2.49. The van der Waals surface area contributed by atoms with Crippen LogP contribution in [0.3, 0.4) is 0 Å². The average molecular weight is 617 g/mol. The van der Waals surface area contributed by atoms with Gasteiger partial charge in [0.25, 0.3) is 0 Å². The average Bonchev–Trinajstić information content (AvgIpc) is 3.00. The fourth-order valence-electron chi connectivity index (χ4n) is 5.31. The number of hydrogen-bond acceptors (Lipinski definition) is 7. The largest absolute Gasteiger partial charge is 0.531 e. The molecule has 43 heavy (non-hydrogen) atoms. The van der Waals surface area contributed by atoms with Gasteiger partial charge in [-0.3, -0.25) is 0 Å². The van der Waals surface area contributed by atoms with Crippen molar-refractivity contribution < 1.29 is 32.2 Å². The highest BCUT2D eigenvalue weighted by molar-refractivity contribution is 6.62. The molecule has 0 aromatic heterocycles. The minimum absolute atomic E-state index is 0.107. The highest BCUT2D eigenvalue weighted by atomic mass is 28.4. The first kappa shape index (κ1) is 35.5. The summed E-state index contributed by atoms with van der Waals surface area (Å²) in [6.07, 6.45) is 8.76. The Hall–Kier alpha value is -1.94. The summed E-state index contributed by atoms with van der Waals surface area (Å²) < 4.78 is 41.8. The number of hydrogen-bond donors (Lipinski definition) is 0. The van der Waals surface area contributed by atoms with Gasteiger partial charge in [0, 0.05) is 26.4 Å². The SMILES string of the molecule is CCO[Si](OCC)(OCC)C(CC)OCCCCCCCCOc1ccc(-c2ccc(OCC3(CC)COC3)cc2)cc1. The van der Waals surface area contributed by atoms with E-state index < -0.39 is 8.80 Å². The molecular weight excluding hydrogens is 560 g/mol. The van der Waals surface area contributed by atoms with Gasteiger partial charge in [-0.2, -0.15) is 0 Å². The minimum atomic E-state index is -2.82. The van der Waals surface area contributed by atoms with Gasteiger partial charge in [0.1, 0.15) is 17.2 Å². The second kappa shape index (κ2) is 19.4. The standard InChI is InChI=1S/C35H56O7Si/c1-6-34(43(40-8-3,41-9-4)42-10-5)38-26-16-14-12-11-13-15-25-37-32-21-17-30(18-22-32)31-19-23-33(24-20-31)39-29-35(7-2)27-36-28-35/h17-24,34H,6-16,25-29H2,1-5H3. The molecule has 0 radical (unpaired) electrons. The lowest BCUT2D eigenvalue weighted by Crippen LogP contribution is -2.57. The Morgan fingerprint density at radius 2 is 1.14 bits per heavy atom. The monoisotopic (exact) mass is 616 g/mol. The smallest absolute Gasteiger partial charge is 0.494 e. The maximum atomic E-state index is 6.24. The first-order chi connectivity index (χ1) is 21.0. The van der Waals surface area contributed by atoms with E-state index in [1.54, 1.807) is 0 Å². The van der Waals surface area contributed by atoms with Crippen molar-refractivity contribution in [1.29, 1.82) is 0 Å². The predicted octanol–water partition coefficient (Wildman–Crippen LogP) is 8.26. The van der Waals surface area contributed by atoms with Crippen LogP contribution in [0.2, 0.25) is 0 Å². The fourth-order valence-corrected chi connectivity index (χ4v) is 8.14. The maximum Gasteiger partial charge on any atom is 0.531 e. The molecule has 1 unspecified atom stereocenters. The van der Waals surface area contributed by atoms with E-state index in [9.17, 15) is 0 Å². The van der Waals surface area contributed by atoms with E-state index in [0.717, 1.165) is 63.4 Å². The summed E-state index contributed by atoms with van der Waals surface area (Å²) in [5.41, 5.74) is 2.43. The molecule has 0 N–H and O–H groups in total. The third-order valence-corrected chi connectivity index (χ3v) is 11.5. The summed E-state index contributed by atoms with van der Waals surface area (Å²) in [4.78, 5) is 0. The van der Waals surface area contributed by atoms with Gasteiger partial charge >= 0.3 is 8.80 Å². The summed E-state index contributed by atoms with van der Waals surface area (Å²) >= 11 is 0. The number of benzene rings is 2. The van der Waals surface area contributed by atoms with Crippen LogP contribution in [0.25, 0.3) is 11.1 Å². The zero-order valence-electron chi connectivity index (χ0n) is 27.4. The summed E-state index contributed by atoms with van der Waals surface area (Å²) in [6, 6.07) is 16.7. The Kier molecular flexibility index (Phi) is 16.1. The molecule has 8 heteroatoms. The number of ether oxygens (including phenoxy) is 4. The van der Waals surface area contributed by atoms with Crippen LogP contribution in [-0.2, 0) is 22.8 Å². The van der Waals surface area contributed by atoms with E-state index in [-0.39, 0.29) is 11.1 Å². The Morgan fingerprint density at radius 1 is 0.651 bits per heavy atom. The van der Waals surface area contributed by atoms with E-state index in [1.165, 1.54) is 30.4 Å². The van der Waals surface area contributed by atoms with Gasteiger partial charge in [-0.25, -0.2) is 0 Å². The Bertz CT molecular complexity index is 972. The molecule has 1 fully saturated rings. The molecule has 7 nitrogen and oxygen atoms in total. The number of rotatable bonds is 24. The van der Waals surface area contributed by atoms with Gasteiger partial charge in [-0.1, -0.05) is 63.8 Å². The molecule has 0 saturated carbocycles. The van der Waals surface area contributed by atoms with Crippen molar-refractivity contribution in [2.75, 3.05) is 52.9 Å². The number of unbranched alkanes of at least 4 members (excludes halogenated alkanes) is 5. The van der Waals surface area contributed by atoms with Crippen molar-refractivity contribution in [3.8, 4) is 22.6 Å². The lowest BCUT2D eigenvalue weighted by Gasteiger charge is -2.40. The molecule has 3 rings (SSSR count). The minimum Gasteiger partial charge on any atom is -0.494 e. The molecule has 0 bridgehead atoms. The summed E-state index contributed by atoms with van der Waals surface area (Å²) in [7, 11) is -2.82. The highest BCUT2D eigenvalue weighted by Crippen LogP contribution is 2.32. The van der Waals surface area contributed by atoms with Gasteiger partial charge in [-0.05, 0) is 81.8 Å². The maximum absolute atomic E-state index is 6.24. The first-order valence-corrected chi connectivity index (χ1v) is 18.4. The van der Waals surface area contributed by atoms with Crippen LogP contribution in [0.5, 0.6) is 11.5 Å². The van der Waals surface area contributed by atoms with Crippen molar-refractivity contribution in [2.45, 2.75) is 91.7 Å². The molecule has 0 spiro atoms. The van der Waals surface area contributed by atoms with Crippen LogP contribution in [0.1, 0.15) is 86.0 Å². The molecule has 0 aliphatic carbocycles. The van der Waals surface area contributed by atoms with Crippen LogP contribution in [0.4, 0.5) is 0 Å². The molecule has 1 saturated heterocycles. The second-order valence-electron chi connectivity index (χ2n) is 11.3. The summed E-state index contributed by atoms with van der Waals surface area (Å²) in [6.45, 7) is 15.8.